The van der Waals surface area contributed by atoms with Gasteiger partial charge >= 0.3 is 26.2 Å². The summed E-state index contributed by atoms with van der Waals surface area (Å²) in [6.07, 6.45) is 19.7. The van der Waals surface area contributed by atoms with Gasteiger partial charge in [-0.15, -0.1) is 0 Å². The van der Waals surface area contributed by atoms with Crippen molar-refractivity contribution in [1.82, 2.24) is 0 Å². The van der Waals surface area contributed by atoms with Gasteiger partial charge in [0.15, 0.2) is 0 Å². The first-order chi connectivity index (χ1) is 19.7. The average molecular weight is 721 g/mol. The van der Waals surface area contributed by atoms with Crippen molar-refractivity contribution in [1.29, 1.82) is 0 Å². The zero-order valence-electron chi connectivity index (χ0n) is 27.1. The van der Waals surface area contributed by atoms with Crippen LogP contribution in [0.3, 0.4) is 0 Å². The number of ether oxygens (including phenoxy) is 1. The Bertz CT molecular complexity index is 1450. The van der Waals surface area contributed by atoms with Gasteiger partial charge < -0.3 is 29.6 Å². The zero-order valence-corrected chi connectivity index (χ0v) is 32.1. The van der Waals surface area contributed by atoms with E-state index in [4.69, 9.17) is 4.74 Å². The second-order valence-electron chi connectivity index (χ2n) is 13.9. The van der Waals surface area contributed by atoms with Crippen molar-refractivity contribution < 1.29 is 55.8 Å². The van der Waals surface area contributed by atoms with Crippen LogP contribution in [0.25, 0.3) is 23.3 Å². The molecule has 0 fully saturated rings. The van der Waals surface area contributed by atoms with Gasteiger partial charge in [-0.05, 0) is 85.6 Å². The standard InChI is InChI=1S/C39H46OSi.2ClH.Zr/c1-27-19-21-33-31-17-11-9-15-29(31)25-35(33)37(27)41(6,24-14-8-7-13-23-40-39(3,4)5)38-28(2)20-22-34-32-18-12-10-16-30(32)26-36(34)38;;;/h9-12,15-22,25-26,37-38H,7-8,13-14,23-24H2,1-6H3;2*1H;/q;;;+2/p-2. The van der Waals surface area contributed by atoms with E-state index in [9.17, 15) is 0 Å². The van der Waals surface area contributed by atoms with E-state index >= 15 is 0 Å². The molecule has 0 amide bonds. The van der Waals surface area contributed by atoms with E-state index in [0.29, 0.717) is 11.1 Å². The van der Waals surface area contributed by atoms with Crippen molar-refractivity contribution in [3.05, 3.63) is 117 Å². The van der Waals surface area contributed by atoms with Crippen molar-refractivity contribution in [3.8, 4) is 0 Å². The van der Waals surface area contributed by atoms with Crippen LogP contribution in [0, 0.1) is 0 Å². The second kappa shape index (κ2) is 15.0. The number of hydrogen-bond acceptors (Lipinski definition) is 1. The van der Waals surface area contributed by atoms with E-state index in [1.54, 1.807) is 22.3 Å². The molecule has 4 aliphatic carbocycles. The Hall–Kier alpha value is -1.48. The first kappa shape index (κ1) is 37.0. The van der Waals surface area contributed by atoms with Crippen LogP contribution in [0.2, 0.25) is 23.7 Å². The maximum Gasteiger partial charge on any atom is 2.00 e. The van der Waals surface area contributed by atoms with Gasteiger partial charge in [-0.25, -0.2) is 0 Å². The second-order valence-corrected chi connectivity index (χ2v) is 18.5. The molecule has 0 bridgehead atoms. The molecule has 0 aliphatic heterocycles. The van der Waals surface area contributed by atoms with Crippen molar-refractivity contribution >= 4 is 31.4 Å². The monoisotopic (exact) mass is 718 g/mol. The number of unbranched alkanes of at least 4 members (excludes halogenated alkanes) is 3. The number of allylic oxidation sites excluding steroid dienone is 10. The molecule has 0 aromatic heterocycles. The molecule has 44 heavy (non-hydrogen) atoms. The Kier molecular flexibility index (Phi) is 12.6. The third-order valence-corrected chi connectivity index (χ3v) is 15.4. The molecular formula is C39H46Cl2OSiZr. The number of halogens is 2. The Morgan fingerprint density at radius 1 is 0.659 bits per heavy atom. The average Bonchev–Trinajstić information content (AvgIpc) is 3.49. The van der Waals surface area contributed by atoms with Crippen molar-refractivity contribution in [2.45, 2.75) is 89.6 Å². The largest absolute Gasteiger partial charge is 2.00 e. The minimum atomic E-state index is -2.01. The Morgan fingerprint density at radius 2 is 1.11 bits per heavy atom. The number of rotatable bonds is 9. The van der Waals surface area contributed by atoms with Gasteiger partial charge in [-0.2, -0.15) is 0 Å². The predicted molar refractivity (Wildman–Crippen MR) is 180 cm³/mol. The van der Waals surface area contributed by atoms with Crippen molar-refractivity contribution in [2.24, 2.45) is 0 Å². The molecule has 2 aromatic rings. The van der Waals surface area contributed by atoms with E-state index in [1.165, 1.54) is 58.7 Å². The van der Waals surface area contributed by atoms with Crippen LogP contribution in [0.5, 0.6) is 0 Å². The Balaban J connectivity index is 0.00000176. The summed E-state index contributed by atoms with van der Waals surface area (Å²) in [5, 5.41) is 0. The normalized spacial score (nSPS) is 20.7. The first-order valence-corrected chi connectivity index (χ1v) is 18.6. The summed E-state index contributed by atoms with van der Waals surface area (Å²) in [5.74, 6) is 0. The topological polar surface area (TPSA) is 9.23 Å². The minimum Gasteiger partial charge on any atom is -1.00 e. The fourth-order valence-corrected chi connectivity index (χ4v) is 14.1. The molecule has 4 aliphatic rings. The Morgan fingerprint density at radius 3 is 1.59 bits per heavy atom. The quantitative estimate of drug-likeness (QED) is 0.260. The van der Waals surface area contributed by atoms with Gasteiger partial charge in [0.2, 0.25) is 0 Å². The minimum absolute atomic E-state index is 0. The maximum absolute atomic E-state index is 6.02. The van der Waals surface area contributed by atoms with Gasteiger partial charge in [-0.3, -0.25) is 0 Å². The van der Waals surface area contributed by atoms with Gasteiger partial charge in [-0.1, -0.05) is 128 Å². The van der Waals surface area contributed by atoms with Gasteiger partial charge in [0, 0.05) is 17.7 Å². The summed E-state index contributed by atoms with van der Waals surface area (Å²) in [4.78, 5) is 0. The number of fused-ring (bicyclic) bond motifs is 6. The van der Waals surface area contributed by atoms with E-state index in [1.807, 2.05) is 0 Å². The van der Waals surface area contributed by atoms with Gasteiger partial charge in [0.1, 0.15) is 0 Å². The van der Waals surface area contributed by atoms with Gasteiger partial charge in [0.05, 0.1) is 13.7 Å². The van der Waals surface area contributed by atoms with Crippen LogP contribution in [0.4, 0.5) is 0 Å². The molecular weight excluding hydrogens is 675 g/mol. The zero-order chi connectivity index (χ0) is 28.8. The third kappa shape index (κ3) is 7.08. The first-order valence-electron chi connectivity index (χ1n) is 15.7. The van der Waals surface area contributed by atoms with Crippen molar-refractivity contribution in [3.63, 3.8) is 0 Å². The fourth-order valence-electron chi connectivity index (χ4n) is 8.05. The molecule has 0 heterocycles. The molecule has 0 N–H and O–H groups in total. The molecule has 2 unspecified atom stereocenters. The SMILES string of the molecule is CC1=CC=C2C(=Cc3ccccc32)C1[Si](C)(CCCCCCOC(C)(C)C)C1C(C)=CC=C2C1=Cc1ccccc12.[Cl-].[Cl-].[Zr+2]. The summed E-state index contributed by atoms with van der Waals surface area (Å²) in [6.45, 7) is 14.9. The fraction of sp³-hybridized carbons (Fsp3) is 0.385. The molecule has 1 nitrogen and oxygen atoms in total. The molecule has 5 heteroatoms. The molecule has 0 radical (unpaired) electrons. The molecule has 0 saturated carbocycles. The summed E-state index contributed by atoms with van der Waals surface area (Å²) in [6, 6.07) is 19.3. The summed E-state index contributed by atoms with van der Waals surface area (Å²) < 4.78 is 6.02. The molecule has 2 aromatic carbocycles. The van der Waals surface area contributed by atoms with Crippen molar-refractivity contribution in [2.75, 3.05) is 6.61 Å². The van der Waals surface area contributed by atoms with Gasteiger partial charge in [0.25, 0.3) is 0 Å². The van der Waals surface area contributed by atoms with Crippen LogP contribution in [0.1, 0.15) is 82.6 Å². The summed E-state index contributed by atoms with van der Waals surface area (Å²) in [7, 11) is -2.01. The predicted octanol–water partition coefficient (Wildman–Crippen LogP) is 5.07. The maximum atomic E-state index is 6.02. The molecule has 2 atom stereocenters. The number of hydrogen-bond donors (Lipinski definition) is 0. The Labute approximate surface area is 298 Å². The summed E-state index contributed by atoms with van der Waals surface area (Å²) >= 11 is 0. The van der Waals surface area contributed by atoms with Crippen LogP contribution in [-0.4, -0.2) is 20.3 Å². The molecule has 0 spiro atoms. The van der Waals surface area contributed by atoms with E-state index in [2.05, 4.69) is 126 Å². The molecule has 230 valence electrons. The van der Waals surface area contributed by atoms with E-state index in [-0.39, 0.29) is 56.6 Å². The number of benzene rings is 2. The molecule has 6 rings (SSSR count). The third-order valence-electron chi connectivity index (χ3n) is 9.77. The summed E-state index contributed by atoms with van der Waals surface area (Å²) in [5.41, 5.74) is 15.8. The van der Waals surface area contributed by atoms with Crippen LogP contribution < -0.4 is 24.8 Å². The van der Waals surface area contributed by atoms with E-state index < -0.39 is 8.07 Å². The molecule has 0 saturated heterocycles. The van der Waals surface area contributed by atoms with Crippen LogP contribution in [-0.2, 0) is 30.9 Å². The van der Waals surface area contributed by atoms with Crippen LogP contribution >= 0.6 is 0 Å². The van der Waals surface area contributed by atoms with E-state index in [0.717, 1.165) is 13.0 Å². The van der Waals surface area contributed by atoms with Crippen LogP contribution in [0.15, 0.2) is 95.1 Å². The smallest absolute Gasteiger partial charge is 1.00 e.